The SMILES string of the molecule is CCOc1ccc(C2CC(=O)C3=C(C2)Nc2ccccc2NC3c2cc(OC)c(OC)cc2OC)cc1OC. The Kier molecular flexibility index (Phi) is 7.54. The molecule has 0 radical (unpaired) electrons. The van der Waals surface area contributed by atoms with E-state index >= 15 is 0 Å². The molecule has 0 bridgehead atoms. The Morgan fingerprint density at radius 3 is 2.13 bits per heavy atom. The van der Waals surface area contributed by atoms with Gasteiger partial charge in [-0.05, 0) is 55.2 Å². The normalized spacial score (nSPS) is 18.1. The van der Waals surface area contributed by atoms with Crippen LogP contribution in [0.5, 0.6) is 28.7 Å². The molecule has 204 valence electrons. The molecule has 2 atom stereocenters. The van der Waals surface area contributed by atoms with E-state index in [1.165, 1.54) is 0 Å². The number of carbonyl (C=O) groups is 1. The summed E-state index contributed by atoms with van der Waals surface area (Å²) in [5.74, 6) is 3.11. The van der Waals surface area contributed by atoms with E-state index in [4.69, 9.17) is 23.7 Å². The maximum Gasteiger partial charge on any atom is 0.164 e. The van der Waals surface area contributed by atoms with E-state index in [2.05, 4.69) is 10.6 Å². The summed E-state index contributed by atoms with van der Waals surface area (Å²) < 4.78 is 28.2. The minimum absolute atomic E-state index is 0.0217. The number of Topliss-reactive ketones (excluding diaryl/α,β-unsaturated/α-hetero) is 1. The molecule has 5 rings (SSSR count). The van der Waals surface area contributed by atoms with Crippen LogP contribution in [0.2, 0.25) is 0 Å². The Bertz CT molecular complexity index is 1420. The van der Waals surface area contributed by atoms with E-state index in [1.54, 1.807) is 34.5 Å². The van der Waals surface area contributed by atoms with Gasteiger partial charge in [-0.25, -0.2) is 0 Å². The van der Waals surface area contributed by atoms with Crippen LogP contribution < -0.4 is 34.3 Å². The zero-order chi connectivity index (χ0) is 27.5. The second-order valence-corrected chi connectivity index (χ2v) is 9.46. The summed E-state index contributed by atoms with van der Waals surface area (Å²) in [6.45, 7) is 2.49. The van der Waals surface area contributed by atoms with Crippen LogP contribution in [-0.2, 0) is 4.79 Å². The van der Waals surface area contributed by atoms with Gasteiger partial charge in [0.2, 0.25) is 0 Å². The number of fused-ring (bicyclic) bond motifs is 1. The van der Waals surface area contributed by atoms with Crippen molar-refractivity contribution in [1.29, 1.82) is 0 Å². The van der Waals surface area contributed by atoms with Crippen molar-refractivity contribution in [3.8, 4) is 28.7 Å². The molecular weight excluding hydrogens is 496 g/mol. The number of rotatable bonds is 8. The quantitative estimate of drug-likeness (QED) is 0.361. The van der Waals surface area contributed by atoms with Gasteiger partial charge in [0, 0.05) is 29.3 Å². The van der Waals surface area contributed by atoms with Crippen LogP contribution in [0.15, 0.2) is 65.9 Å². The first-order chi connectivity index (χ1) is 19.0. The zero-order valence-corrected chi connectivity index (χ0v) is 22.9. The average Bonchev–Trinajstić information content (AvgIpc) is 3.13. The molecule has 0 saturated heterocycles. The van der Waals surface area contributed by atoms with Crippen LogP contribution in [0.3, 0.4) is 0 Å². The van der Waals surface area contributed by atoms with Crippen molar-refractivity contribution in [2.45, 2.75) is 31.7 Å². The third kappa shape index (κ3) is 4.94. The second kappa shape index (κ2) is 11.2. The molecule has 2 aliphatic rings. The number of carbonyl (C=O) groups excluding carboxylic acids is 1. The number of ether oxygens (including phenoxy) is 5. The van der Waals surface area contributed by atoms with E-state index in [1.807, 2.05) is 55.5 Å². The molecule has 8 nitrogen and oxygen atoms in total. The highest BCUT2D eigenvalue weighted by atomic mass is 16.5. The standard InChI is InChI=1S/C31H34N2O6/c1-6-39-25-12-11-18(15-27(25)36-3)19-13-23-30(24(34)14-19)31(33-22-10-8-7-9-21(22)32-23)20-16-28(37-4)29(38-5)17-26(20)35-2/h7-12,15-17,19,31-33H,6,13-14H2,1-5H3. The van der Waals surface area contributed by atoms with Crippen LogP contribution in [0.25, 0.3) is 0 Å². The monoisotopic (exact) mass is 530 g/mol. The number of benzene rings is 3. The molecule has 2 unspecified atom stereocenters. The van der Waals surface area contributed by atoms with Gasteiger partial charge < -0.3 is 34.3 Å². The number of anilines is 2. The van der Waals surface area contributed by atoms with Gasteiger partial charge in [-0.2, -0.15) is 0 Å². The fourth-order valence-corrected chi connectivity index (χ4v) is 5.45. The average molecular weight is 531 g/mol. The third-order valence-corrected chi connectivity index (χ3v) is 7.31. The van der Waals surface area contributed by atoms with Crippen LogP contribution >= 0.6 is 0 Å². The first-order valence-electron chi connectivity index (χ1n) is 13.0. The molecule has 3 aromatic carbocycles. The summed E-state index contributed by atoms with van der Waals surface area (Å²) in [6, 6.07) is 17.1. The van der Waals surface area contributed by atoms with Crippen molar-refractivity contribution >= 4 is 17.2 Å². The van der Waals surface area contributed by atoms with E-state index in [-0.39, 0.29) is 11.7 Å². The Labute approximate surface area is 228 Å². The van der Waals surface area contributed by atoms with E-state index < -0.39 is 6.04 Å². The van der Waals surface area contributed by atoms with Crippen LogP contribution in [0.4, 0.5) is 11.4 Å². The summed E-state index contributed by atoms with van der Waals surface area (Å²) in [7, 11) is 6.42. The van der Waals surface area contributed by atoms with E-state index in [0.29, 0.717) is 53.8 Å². The van der Waals surface area contributed by atoms with E-state index in [9.17, 15) is 4.79 Å². The number of ketones is 1. The van der Waals surface area contributed by atoms with Crippen molar-refractivity contribution in [1.82, 2.24) is 0 Å². The molecule has 1 heterocycles. The molecule has 2 N–H and O–H groups in total. The van der Waals surface area contributed by atoms with Crippen LogP contribution in [-0.4, -0.2) is 40.8 Å². The number of hydrogen-bond donors (Lipinski definition) is 2. The minimum Gasteiger partial charge on any atom is -0.496 e. The summed E-state index contributed by atoms with van der Waals surface area (Å²) in [4.78, 5) is 14.0. The number of allylic oxidation sites excluding steroid dienone is 1. The van der Waals surface area contributed by atoms with Gasteiger partial charge >= 0.3 is 0 Å². The topological polar surface area (TPSA) is 87.3 Å². The Morgan fingerprint density at radius 2 is 1.44 bits per heavy atom. The fraction of sp³-hybridized carbons (Fsp3) is 0.323. The first-order valence-corrected chi connectivity index (χ1v) is 13.0. The maximum absolute atomic E-state index is 14.0. The largest absolute Gasteiger partial charge is 0.496 e. The molecule has 39 heavy (non-hydrogen) atoms. The smallest absolute Gasteiger partial charge is 0.164 e. The number of methoxy groups -OCH3 is 4. The lowest BCUT2D eigenvalue weighted by atomic mass is 9.78. The van der Waals surface area contributed by atoms with Gasteiger partial charge in [0.1, 0.15) is 5.75 Å². The summed E-state index contributed by atoms with van der Waals surface area (Å²) in [6.07, 6.45) is 1.02. The second-order valence-electron chi connectivity index (χ2n) is 9.46. The van der Waals surface area contributed by atoms with Gasteiger partial charge in [-0.1, -0.05) is 18.2 Å². The molecule has 1 aliphatic heterocycles. The molecule has 0 aromatic heterocycles. The highest BCUT2D eigenvalue weighted by Crippen LogP contribution is 2.48. The van der Waals surface area contributed by atoms with Crippen molar-refractivity contribution < 1.29 is 28.5 Å². The predicted molar refractivity (Wildman–Crippen MR) is 151 cm³/mol. The minimum atomic E-state index is -0.464. The highest BCUT2D eigenvalue weighted by molar-refractivity contribution is 6.01. The Hall–Kier alpha value is -4.33. The molecule has 0 amide bonds. The number of hydrogen-bond acceptors (Lipinski definition) is 8. The van der Waals surface area contributed by atoms with Crippen molar-refractivity contribution in [3.05, 3.63) is 77.0 Å². The fourth-order valence-electron chi connectivity index (χ4n) is 5.45. The van der Waals surface area contributed by atoms with Gasteiger partial charge in [-0.15, -0.1) is 0 Å². The molecular formula is C31H34N2O6. The van der Waals surface area contributed by atoms with Crippen LogP contribution in [0.1, 0.15) is 42.9 Å². The predicted octanol–water partition coefficient (Wildman–Crippen LogP) is 6.10. The lowest BCUT2D eigenvalue weighted by Gasteiger charge is -2.31. The Balaban J connectivity index is 1.62. The number of para-hydroxylation sites is 2. The first kappa shape index (κ1) is 26.3. The Morgan fingerprint density at radius 1 is 0.769 bits per heavy atom. The third-order valence-electron chi connectivity index (χ3n) is 7.31. The summed E-state index contributed by atoms with van der Waals surface area (Å²) in [5, 5.41) is 7.19. The van der Waals surface area contributed by atoms with Gasteiger partial charge in [-0.3, -0.25) is 4.79 Å². The molecule has 0 spiro atoms. The maximum atomic E-state index is 14.0. The summed E-state index contributed by atoms with van der Waals surface area (Å²) >= 11 is 0. The lowest BCUT2D eigenvalue weighted by molar-refractivity contribution is -0.116. The van der Waals surface area contributed by atoms with Crippen molar-refractivity contribution in [2.24, 2.45) is 0 Å². The van der Waals surface area contributed by atoms with Gasteiger partial charge in [0.25, 0.3) is 0 Å². The van der Waals surface area contributed by atoms with Gasteiger partial charge in [0.15, 0.2) is 28.8 Å². The van der Waals surface area contributed by atoms with Gasteiger partial charge in [0.05, 0.1) is 52.5 Å². The van der Waals surface area contributed by atoms with Crippen LogP contribution in [0, 0.1) is 0 Å². The highest BCUT2D eigenvalue weighted by Gasteiger charge is 2.37. The zero-order valence-electron chi connectivity index (χ0n) is 22.9. The van der Waals surface area contributed by atoms with Crippen molar-refractivity contribution in [3.63, 3.8) is 0 Å². The molecule has 1 aliphatic carbocycles. The molecule has 3 aromatic rings. The van der Waals surface area contributed by atoms with E-state index in [0.717, 1.165) is 28.2 Å². The molecule has 0 saturated carbocycles. The lowest BCUT2D eigenvalue weighted by Crippen LogP contribution is -2.27. The van der Waals surface area contributed by atoms with Crippen molar-refractivity contribution in [2.75, 3.05) is 45.7 Å². The number of nitrogens with one attached hydrogen (secondary N) is 2. The summed E-state index contributed by atoms with van der Waals surface area (Å²) in [5.41, 5.74) is 5.18. The molecule has 0 fully saturated rings. The molecule has 8 heteroatoms.